The minimum absolute atomic E-state index is 0.0907. The number of rotatable bonds is 4. The lowest BCUT2D eigenvalue weighted by atomic mass is 10.2. The fourth-order valence-corrected chi connectivity index (χ4v) is 0.317. The van der Waals surface area contributed by atoms with E-state index in [0.717, 1.165) is 6.29 Å². The molecule has 1 atom stereocenters. The van der Waals surface area contributed by atoms with Crippen molar-refractivity contribution in [2.45, 2.75) is 6.92 Å². The summed E-state index contributed by atoms with van der Waals surface area (Å²) in [6, 6.07) is 0. The minimum atomic E-state index is 0.0907. The van der Waals surface area contributed by atoms with Crippen LogP contribution in [0.25, 0.3) is 0 Å². The number of nitrogens with one attached hydrogen (secondary N) is 1. The number of carbonyl (C=O) groups is 1. The van der Waals surface area contributed by atoms with E-state index in [1.54, 1.807) is 6.20 Å². The summed E-state index contributed by atoms with van der Waals surface area (Å²) in [5, 5.41) is 2.83. The van der Waals surface area contributed by atoms with Crippen LogP contribution in [-0.2, 0) is 4.79 Å². The Bertz CT molecular complexity index is 80.6. The van der Waals surface area contributed by atoms with Gasteiger partial charge in [0.1, 0.15) is 6.29 Å². The molecular formula is C6H11NO. The molecule has 0 radical (unpaired) electrons. The van der Waals surface area contributed by atoms with Crippen LogP contribution >= 0.6 is 0 Å². The van der Waals surface area contributed by atoms with Gasteiger partial charge >= 0.3 is 0 Å². The van der Waals surface area contributed by atoms with Crippen molar-refractivity contribution < 1.29 is 4.79 Å². The zero-order valence-corrected chi connectivity index (χ0v) is 5.05. The van der Waals surface area contributed by atoms with E-state index in [9.17, 15) is 4.79 Å². The monoisotopic (exact) mass is 113 g/mol. The quantitative estimate of drug-likeness (QED) is 0.539. The zero-order chi connectivity index (χ0) is 6.41. The zero-order valence-electron chi connectivity index (χ0n) is 5.05. The third-order valence-corrected chi connectivity index (χ3v) is 0.816. The summed E-state index contributed by atoms with van der Waals surface area (Å²) >= 11 is 0. The summed E-state index contributed by atoms with van der Waals surface area (Å²) in [6.45, 7) is 5.98. The predicted octanol–water partition coefficient (Wildman–Crippen LogP) is 0.554. The third-order valence-electron chi connectivity index (χ3n) is 0.816. The molecule has 0 aliphatic carbocycles. The van der Waals surface area contributed by atoms with Crippen molar-refractivity contribution in [3.63, 3.8) is 0 Å². The highest BCUT2D eigenvalue weighted by Crippen LogP contribution is 1.82. The van der Waals surface area contributed by atoms with Gasteiger partial charge in [0, 0.05) is 12.5 Å². The molecule has 2 heteroatoms. The molecule has 8 heavy (non-hydrogen) atoms. The van der Waals surface area contributed by atoms with E-state index < -0.39 is 0 Å². The average molecular weight is 113 g/mol. The molecule has 0 aliphatic rings. The standard InChI is InChI=1S/C6H11NO/c1-3-7-4-6(2)5-8/h3,5-7H,1,4H2,2H3. The first-order valence-corrected chi connectivity index (χ1v) is 2.61. The van der Waals surface area contributed by atoms with Gasteiger partial charge in [-0.05, 0) is 6.20 Å². The fraction of sp³-hybridized carbons (Fsp3) is 0.500. The summed E-state index contributed by atoms with van der Waals surface area (Å²) < 4.78 is 0. The van der Waals surface area contributed by atoms with Crippen LogP contribution in [0.3, 0.4) is 0 Å². The molecule has 0 aliphatic heterocycles. The minimum Gasteiger partial charge on any atom is -0.391 e. The van der Waals surface area contributed by atoms with Gasteiger partial charge in [0.05, 0.1) is 0 Å². The van der Waals surface area contributed by atoms with Crippen LogP contribution in [0.2, 0.25) is 0 Å². The molecule has 0 aromatic carbocycles. The van der Waals surface area contributed by atoms with Gasteiger partial charge in [-0.25, -0.2) is 0 Å². The Hall–Kier alpha value is -0.790. The van der Waals surface area contributed by atoms with E-state index in [0.29, 0.717) is 6.54 Å². The van der Waals surface area contributed by atoms with E-state index in [2.05, 4.69) is 11.9 Å². The molecule has 1 N–H and O–H groups in total. The largest absolute Gasteiger partial charge is 0.391 e. The molecule has 0 saturated heterocycles. The molecule has 1 unspecified atom stereocenters. The molecule has 0 saturated carbocycles. The van der Waals surface area contributed by atoms with Crippen molar-refractivity contribution in [1.29, 1.82) is 0 Å². The first-order valence-electron chi connectivity index (χ1n) is 2.61. The number of hydrogen-bond acceptors (Lipinski definition) is 2. The van der Waals surface area contributed by atoms with Crippen molar-refractivity contribution in [1.82, 2.24) is 5.32 Å². The van der Waals surface area contributed by atoms with Crippen LogP contribution in [0.15, 0.2) is 12.8 Å². The van der Waals surface area contributed by atoms with Gasteiger partial charge in [0.15, 0.2) is 0 Å². The summed E-state index contributed by atoms with van der Waals surface area (Å²) in [7, 11) is 0. The molecule has 0 rings (SSSR count). The highest BCUT2D eigenvalue weighted by molar-refractivity contribution is 5.52. The van der Waals surface area contributed by atoms with E-state index in [1.807, 2.05) is 6.92 Å². The van der Waals surface area contributed by atoms with Crippen LogP contribution in [0.5, 0.6) is 0 Å². The smallest absolute Gasteiger partial charge is 0.124 e. The highest BCUT2D eigenvalue weighted by atomic mass is 16.1. The van der Waals surface area contributed by atoms with Gasteiger partial charge in [-0.15, -0.1) is 0 Å². The third kappa shape index (κ3) is 3.40. The molecule has 2 nitrogen and oxygen atoms in total. The van der Waals surface area contributed by atoms with Gasteiger partial charge < -0.3 is 10.1 Å². The molecule has 0 amide bonds. The molecule has 0 fully saturated rings. The fourth-order valence-electron chi connectivity index (χ4n) is 0.317. The normalized spacial score (nSPS) is 12.1. The number of aldehydes is 1. The molecule has 46 valence electrons. The van der Waals surface area contributed by atoms with Crippen LogP contribution in [-0.4, -0.2) is 12.8 Å². The maximum Gasteiger partial charge on any atom is 0.124 e. The van der Waals surface area contributed by atoms with E-state index in [-0.39, 0.29) is 5.92 Å². The Kier molecular flexibility index (Phi) is 3.94. The van der Waals surface area contributed by atoms with Gasteiger partial charge in [-0.3, -0.25) is 0 Å². The van der Waals surface area contributed by atoms with Gasteiger partial charge in [-0.1, -0.05) is 13.5 Å². The van der Waals surface area contributed by atoms with E-state index in [1.165, 1.54) is 0 Å². The average Bonchev–Trinajstić information content (AvgIpc) is 1.83. The Morgan fingerprint density at radius 2 is 2.50 bits per heavy atom. The Morgan fingerprint density at radius 3 is 2.88 bits per heavy atom. The van der Waals surface area contributed by atoms with E-state index in [4.69, 9.17) is 0 Å². The highest BCUT2D eigenvalue weighted by Gasteiger charge is 1.93. The Labute approximate surface area is 49.6 Å². The lowest BCUT2D eigenvalue weighted by Gasteiger charge is -1.99. The first-order chi connectivity index (χ1) is 3.81. The SMILES string of the molecule is C=CNCC(C)C=O. The topological polar surface area (TPSA) is 29.1 Å². The van der Waals surface area contributed by atoms with Crippen LogP contribution in [0.4, 0.5) is 0 Å². The Balaban J connectivity index is 3.09. The first kappa shape index (κ1) is 7.21. The maximum atomic E-state index is 9.94. The van der Waals surface area contributed by atoms with Crippen LogP contribution in [0, 0.1) is 5.92 Å². The summed E-state index contributed by atoms with van der Waals surface area (Å²) in [5.41, 5.74) is 0. The van der Waals surface area contributed by atoms with Gasteiger partial charge in [0.25, 0.3) is 0 Å². The molecule has 0 spiro atoms. The van der Waals surface area contributed by atoms with Crippen molar-refractivity contribution in [3.05, 3.63) is 12.8 Å². The lowest BCUT2D eigenvalue weighted by Crippen LogP contribution is -2.15. The van der Waals surface area contributed by atoms with E-state index >= 15 is 0 Å². The second-order valence-corrected chi connectivity index (χ2v) is 1.73. The molecule has 0 aromatic rings. The Morgan fingerprint density at radius 1 is 1.88 bits per heavy atom. The van der Waals surface area contributed by atoms with Crippen molar-refractivity contribution in [2.75, 3.05) is 6.54 Å². The molecule has 0 bridgehead atoms. The number of hydrogen-bond donors (Lipinski definition) is 1. The second kappa shape index (κ2) is 4.37. The molecule has 0 aromatic heterocycles. The lowest BCUT2D eigenvalue weighted by molar-refractivity contribution is -0.110. The maximum absolute atomic E-state index is 9.94. The van der Waals surface area contributed by atoms with Gasteiger partial charge in [-0.2, -0.15) is 0 Å². The van der Waals surface area contributed by atoms with Gasteiger partial charge in [0.2, 0.25) is 0 Å². The summed E-state index contributed by atoms with van der Waals surface area (Å²) in [4.78, 5) is 9.94. The molecule has 0 heterocycles. The second-order valence-electron chi connectivity index (χ2n) is 1.73. The summed E-state index contributed by atoms with van der Waals surface area (Å²) in [6.07, 6.45) is 2.50. The number of carbonyl (C=O) groups excluding carboxylic acids is 1. The predicted molar refractivity (Wildman–Crippen MR) is 33.4 cm³/mol. The summed E-state index contributed by atoms with van der Waals surface area (Å²) in [5.74, 6) is 0.0907. The molecular weight excluding hydrogens is 102 g/mol. The van der Waals surface area contributed by atoms with Crippen LogP contribution in [0.1, 0.15) is 6.92 Å². The van der Waals surface area contributed by atoms with Crippen molar-refractivity contribution in [2.24, 2.45) is 5.92 Å². The van der Waals surface area contributed by atoms with Crippen molar-refractivity contribution >= 4 is 6.29 Å². The van der Waals surface area contributed by atoms with Crippen LogP contribution < -0.4 is 5.32 Å². The van der Waals surface area contributed by atoms with Crippen molar-refractivity contribution in [3.8, 4) is 0 Å².